The molecule has 0 aromatic heterocycles. The number of rotatable bonds is 9. The third kappa shape index (κ3) is 5.36. The molecular formula is C21H26N2O5S. The van der Waals surface area contributed by atoms with Crippen molar-refractivity contribution >= 4 is 21.6 Å². The first-order chi connectivity index (χ1) is 13.7. The van der Waals surface area contributed by atoms with Gasteiger partial charge in [0, 0.05) is 18.3 Å². The zero-order valence-electron chi connectivity index (χ0n) is 17.1. The van der Waals surface area contributed by atoms with Crippen LogP contribution in [0, 0.1) is 13.8 Å². The zero-order chi connectivity index (χ0) is 21.6. The van der Waals surface area contributed by atoms with Gasteiger partial charge in [0.1, 0.15) is 0 Å². The number of nitrogens with zero attached hydrogens (tertiary/aromatic N) is 1. The summed E-state index contributed by atoms with van der Waals surface area (Å²) in [5.74, 6) is 0.499. The van der Waals surface area contributed by atoms with Crippen molar-refractivity contribution in [2.75, 3.05) is 32.6 Å². The second-order valence-corrected chi connectivity index (χ2v) is 8.39. The molecule has 0 aliphatic carbocycles. The zero-order valence-corrected chi connectivity index (χ0v) is 17.9. The molecule has 0 saturated heterocycles. The van der Waals surface area contributed by atoms with Crippen LogP contribution in [-0.2, 0) is 14.8 Å². The topological polar surface area (TPSA) is 84.9 Å². The van der Waals surface area contributed by atoms with Crippen LogP contribution < -0.4 is 14.8 Å². The van der Waals surface area contributed by atoms with Gasteiger partial charge in [-0.05, 0) is 49.2 Å². The predicted molar refractivity (Wildman–Crippen MR) is 113 cm³/mol. The Balaban J connectivity index is 2.22. The van der Waals surface area contributed by atoms with Crippen molar-refractivity contribution in [3.63, 3.8) is 0 Å². The Kier molecular flexibility index (Phi) is 7.41. The van der Waals surface area contributed by atoms with Gasteiger partial charge < -0.3 is 14.8 Å². The van der Waals surface area contributed by atoms with Gasteiger partial charge >= 0.3 is 0 Å². The molecule has 2 rings (SSSR count). The molecule has 0 atom stereocenters. The smallest absolute Gasteiger partial charge is 0.243 e. The molecule has 0 spiro atoms. The minimum atomic E-state index is -3.86. The van der Waals surface area contributed by atoms with Gasteiger partial charge in [-0.1, -0.05) is 12.1 Å². The number of aryl methyl sites for hydroxylation is 2. The number of carbonyl (C=O) groups is 1. The first kappa shape index (κ1) is 22.4. The summed E-state index contributed by atoms with van der Waals surface area (Å²) in [6, 6.07) is 9.80. The first-order valence-electron chi connectivity index (χ1n) is 8.93. The van der Waals surface area contributed by atoms with Gasteiger partial charge in [0.25, 0.3) is 0 Å². The molecular weight excluding hydrogens is 392 g/mol. The lowest BCUT2D eigenvalue weighted by molar-refractivity contribution is -0.116. The molecule has 0 heterocycles. The number of carbonyl (C=O) groups excluding carboxylic acids is 1. The van der Waals surface area contributed by atoms with Gasteiger partial charge in [0.05, 0.1) is 25.7 Å². The number of benzene rings is 2. The Morgan fingerprint density at radius 3 is 2.34 bits per heavy atom. The van der Waals surface area contributed by atoms with Crippen molar-refractivity contribution in [1.82, 2.24) is 4.31 Å². The molecule has 156 valence electrons. The van der Waals surface area contributed by atoms with E-state index in [-0.39, 0.29) is 18.0 Å². The van der Waals surface area contributed by atoms with E-state index in [1.807, 2.05) is 13.8 Å². The van der Waals surface area contributed by atoms with Crippen LogP contribution in [0.5, 0.6) is 11.5 Å². The number of methoxy groups -OCH3 is 2. The van der Waals surface area contributed by atoms with E-state index < -0.39 is 15.9 Å². The van der Waals surface area contributed by atoms with Crippen LogP contribution in [0.25, 0.3) is 0 Å². The third-order valence-corrected chi connectivity index (χ3v) is 6.24. The fourth-order valence-corrected chi connectivity index (χ4v) is 4.14. The van der Waals surface area contributed by atoms with E-state index in [2.05, 4.69) is 11.9 Å². The van der Waals surface area contributed by atoms with Crippen molar-refractivity contribution in [3.8, 4) is 11.5 Å². The Bertz CT molecular complexity index is 1000. The van der Waals surface area contributed by atoms with E-state index in [0.29, 0.717) is 17.2 Å². The van der Waals surface area contributed by atoms with Gasteiger partial charge in [0.15, 0.2) is 11.5 Å². The van der Waals surface area contributed by atoms with E-state index in [4.69, 9.17) is 9.47 Å². The fraction of sp³-hybridized carbons (Fsp3) is 0.286. The number of amides is 1. The summed E-state index contributed by atoms with van der Waals surface area (Å²) in [6.07, 6.45) is 1.45. The monoisotopic (exact) mass is 418 g/mol. The SMILES string of the molecule is C=CCN(CC(=O)Nc1ccc(OC)c(OC)c1)S(=O)(=O)c1ccc(C)c(C)c1. The lowest BCUT2D eigenvalue weighted by atomic mass is 10.1. The number of ether oxygens (including phenoxy) is 2. The Morgan fingerprint density at radius 2 is 1.76 bits per heavy atom. The lowest BCUT2D eigenvalue weighted by Crippen LogP contribution is -2.38. The van der Waals surface area contributed by atoms with Crippen LogP contribution in [0.3, 0.4) is 0 Å². The molecule has 0 radical (unpaired) electrons. The average molecular weight is 419 g/mol. The molecule has 0 unspecified atom stereocenters. The molecule has 2 aromatic carbocycles. The minimum Gasteiger partial charge on any atom is -0.493 e. The van der Waals surface area contributed by atoms with Crippen LogP contribution >= 0.6 is 0 Å². The van der Waals surface area contributed by atoms with Gasteiger partial charge in [-0.15, -0.1) is 6.58 Å². The number of hydrogen-bond donors (Lipinski definition) is 1. The second-order valence-electron chi connectivity index (χ2n) is 6.45. The molecule has 8 heteroatoms. The van der Waals surface area contributed by atoms with E-state index in [1.165, 1.54) is 20.3 Å². The highest BCUT2D eigenvalue weighted by atomic mass is 32.2. The quantitative estimate of drug-likeness (QED) is 0.633. The van der Waals surface area contributed by atoms with E-state index in [1.54, 1.807) is 36.4 Å². The van der Waals surface area contributed by atoms with Gasteiger partial charge in [0.2, 0.25) is 15.9 Å². The van der Waals surface area contributed by atoms with Crippen LogP contribution in [0.4, 0.5) is 5.69 Å². The largest absolute Gasteiger partial charge is 0.493 e. The van der Waals surface area contributed by atoms with Crippen molar-refractivity contribution in [3.05, 3.63) is 60.2 Å². The standard InChI is InChI=1S/C21H26N2O5S/c1-6-11-23(29(25,26)18-9-7-15(2)16(3)12-18)14-21(24)22-17-8-10-19(27-4)20(13-17)28-5/h6-10,12-13H,1,11,14H2,2-5H3,(H,22,24). The number of nitrogens with one attached hydrogen (secondary N) is 1. The van der Waals surface area contributed by atoms with Crippen molar-refractivity contribution in [2.45, 2.75) is 18.7 Å². The van der Waals surface area contributed by atoms with E-state index in [0.717, 1.165) is 15.4 Å². The maximum atomic E-state index is 13.0. The second kappa shape index (κ2) is 9.58. The van der Waals surface area contributed by atoms with Crippen molar-refractivity contribution in [2.24, 2.45) is 0 Å². The minimum absolute atomic E-state index is 0.00854. The fourth-order valence-electron chi connectivity index (χ4n) is 2.69. The van der Waals surface area contributed by atoms with E-state index >= 15 is 0 Å². The lowest BCUT2D eigenvalue weighted by Gasteiger charge is -2.21. The van der Waals surface area contributed by atoms with Crippen LogP contribution in [0.1, 0.15) is 11.1 Å². The Hall–Kier alpha value is -2.84. The summed E-state index contributed by atoms with van der Waals surface area (Å²) >= 11 is 0. The summed E-state index contributed by atoms with van der Waals surface area (Å²) < 4.78 is 37.5. The maximum Gasteiger partial charge on any atom is 0.243 e. The third-order valence-electron chi connectivity index (χ3n) is 4.44. The van der Waals surface area contributed by atoms with Crippen molar-refractivity contribution < 1.29 is 22.7 Å². The number of hydrogen-bond acceptors (Lipinski definition) is 5. The highest BCUT2D eigenvalue weighted by molar-refractivity contribution is 7.89. The molecule has 0 bridgehead atoms. The highest BCUT2D eigenvalue weighted by Crippen LogP contribution is 2.29. The van der Waals surface area contributed by atoms with Gasteiger partial charge in [-0.25, -0.2) is 8.42 Å². The molecule has 29 heavy (non-hydrogen) atoms. The van der Waals surface area contributed by atoms with Gasteiger partial charge in [-0.2, -0.15) is 4.31 Å². The normalized spacial score (nSPS) is 11.2. The van der Waals surface area contributed by atoms with E-state index in [9.17, 15) is 13.2 Å². The molecule has 2 aromatic rings. The Labute approximate surface area is 172 Å². The molecule has 7 nitrogen and oxygen atoms in total. The number of anilines is 1. The molecule has 0 aliphatic rings. The molecule has 0 fully saturated rings. The molecule has 1 N–H and O–H groups in total. The average Bonchev–Trinajstić information content (AvgIpc) is 2.69. The molecule has 1 amide bonds. The van der Waals surface area contributed by atoms with Crippen LogP contribution in [0.2, 0.25) is 0 Å². The Morgan fingerprint density at radius 1 is 1.07 bits per heavy atom. The van der Waals surface area contributed by atoms with Crippen LogP contribution in [-0.4, -0.2) is 45.9 Å². The summed E-state index contributed by atoms with van der Waals surface area (Å²) in [4.78, 5) is 12.7. The maximum absolute atomic E-state index is 13.0. The highest BCUT2D eigenvalue weighted by Gasteiger charge is 2.26. The van der Waals surface area contributed by atoms with Crippen LogP contribution in [0.15, 0.2) is 53.9 Å². The molecule has 0 aliphatic heterocycles. The summed E-state index contributed by atoms with van der Waals surface area (Å²) in [5, 5.41) is 2.69. The number of sulfonamides is 1. The predicted octanol–water partition coefficient (Wildman–Crippen LogP) is 3.14. The summed E-state index contributed by atoms with van der Waals surface area (Å²) in [6.45, 7) is 7.01. The molecule has 0 saturated carbocycles. The summed E-state index contributed by atoms with van der Waals surface area (Å²) in [5.41, 5.74) is 2.32. The summed E-state index contributed by atoms with van der Waals surface area (Å²) in [7, 11) is -0.850. The van der Waals surface area contributed by atoms with Crippen molar-refractivity contribution in [1.29, 1.82) is 0 Å². The van der Waals surface area contributed by atoms with Gasteiger partial charge in [-0.3, -0.25) is 4.79 Å². The first-order valence-corrected chi connectivity index (χ1v) is 10.4.